The van der Waals surface area contributed by atoms with Crippen LogP contribution in [0.3, 0.4) is 0 Å². The maximum atomic E-state index is 5.24. The van der Waals surface area contributed by atoms with E-state index in [1.54, 1.807) is 0 Å². The highest BCUT2D eigenvalue weighted by Crippen LogP contribution is 1.78. The maximum absolute atomic E-state index is 5.24. The maximum Gasteiger partial charge on any atom is 0.150 e. The van der Waals surface area contributed by atoms with Crippen LogP contribution in [0.15, 0.2) is 0 Å². The topological polar surface area (TPSA) is 0 Å². The van der Waals surface area contributed by atoms with Gasteiger partial charge >= 0.3 is 0 Å². The molecule has 0 heterocycles. The van der Waals surface area contributed by atoms with Gasteiger partial charge in [-0.05, 0) is 4.24 Å². The van der Waals surface area contributed by atoms with Crippen LogP contribution >= 0.6 is 11.6 Å². The molecule has 0 bridgehead atoms. The zero-order valence-corrected chi connectivity index (χ0v) is 4.44. The van der Waals surface area contributed by atoms with Crippen LogP contribution in [0.2, 0.25) is 0 Å². The molecule has 0 aliphatic heterocycles. The van der Waals surface area contributed by atoms with Crippen molar-refractivity contribution < 1.29 is 0 Å². The van der Waals surface area contributed by atoms with E-state index in [1.165, 1.54) is 0 Å². The van der Waals surface area contributed by atoms with Gasteiger partial charge in [-0.15, -0.1) is 11.6 Å². The molecule has 2 heteroatoms. The fourth-order valence-electron chi connectivity index (χ4n) is 0. The lowest BCUT2D eigenvalue weighted by molar-refractivity contribution is 1.38. The number of alkyl halides is 1. The number of rotatable bonds is 0. The summed E-state index contributed by atoms with van der Waals surface area (Å²) in [5.41, 5.74) is 0. The van der Waals surface area contributed by atoms with Crippen molar-refractivity contribution in [3.63, 3.8) is 0 Å². The van der Waals surface area contributed by atoms with Gasteiger partial charge in [0.15, 0.2) is 0 Å². The minimum absolute atomic E-state index is 0.222. The van der Waals surface area contributed by atoms with Gasteiger partial charge < -0.3 is 0 Å². The minimum Gasteiger partial charge on any atom is -0.142 e. The zero-order chi connectivity index (χ0) is 3.58. The Morgan fingerprint density at radius 3 is 2.00 bits per heavy atom. The third-order valence-corrected chi connectivity index (χ3v) is 0. The van der Waals surface area contributed by atoms with Gasteiger partial charge in [-0.25, -0.2) is 0 Å². The van der Waals surface area contributed by atoms with E-state index < -0.39 is 0 Å². The van der Waals surface area contributed by atoms with Gasteiger partial charge in [-0.2, -0.15) is 0 Å². The van der Waals surface area contributed by atoms with Crippen LogP contribution in [-0.2, 0) is 0 Å². The van der Waals surface area contributed by atoms with Gasteiger partial charge in [0.05, 0.1) is 0 Å². The van der Waals surface area contributed by atoms with Crippen molar-refractivity contribution in [1.82, 2.24) is 0 Å². The van der Waals surface area contributed by atoms with E-state index in [2.05, 4.69) is 16.3 Å². The second-order valence-electron chi connectivity index (χ2n) is 0.678. The first-order valence-electron chi connectivity index (χ1n) is 1.13. The Morgan fingerprint density at radius 1 is 2.00 bits per heavy atom. The molecular formula is C2H4AlCl. The van der Waals surface area contributed by atoms with Crippen molar-refractivity contribution in [3.8, 4) is 0 Å². The lowest BCUT2D eigenvalue weighted by atomic mass is 11.0. The van der Waals surface area contributed by atoms with E-state index in [9.17, 15) is 0 Å². The fraction of sp³-hybridized carbons (Fsp3) is 1.00. The Bertz CT molecular complexity index is 10.8. The van der Waals surface area contributed by atoms with E-state index in [-0.39, 0.29) is 4.24 Å². The highest BCUT2D eigenvalue weighted by molar-refractivity contribution is 6.40. The molecule has 4 heavy (non-hydrogen) atoms. The van der Waals surface area contributed by atoms with E-state index in [1.807, 2.05) is 6.92 Å². The highest BCUT2D eigenvalue weighted by atomic mass is 35.5. The van der Waals surface area contributed by atoms with Crippen molar-refractivity contribution in [1.29, 1.82) is 0 Å². The third kappa shape index (κ3) is 13.9. The van der Waals surface area contributed by atoms with Crippen LogP contribution in [0, 0.1) is 0 Å². The molecule has 0 rings (SSSR count). The monoisotopic (exact) mass is 90.0 g/mol. The van der Waals surface area contributed by atoms with E-state index in [4.69, 9.17) is 11.6 Å². The summed E-state index contributed by atoms with van der Waals surface area (Å²) in [6.45, 7) is 1.90. The Kier molecular flexibility index (Phi) is 2.51. The lowest BCUT2D eigenvalue weighted by Crippen LogP contribution is -1.81. The smallest absolute Gasteiger partial charge is 0.142 e. The summed E-state index contributed by atoms with van der Waals surface area (Å²) in [6.07, 6.45) is 0. The molecular weight excluding hydrogens is 86.5 g/mol. The van der Waals surface area contributed by atoms with Gasteiger partial charge in [-0.3, -0.25) is 0 Å². The van der Waals surface area contributed by atoms with Crippen LogP contribution in [0.25, 0.3) is 0 Å². The Hall–Kier alpha value is 0.822. The molecule has 0 nitrogen and oxygen atoms in total. The van der Waals surface area contributed by atoms with Crippen LogP contribution in [0.1, 0.15) is 6.92 Å². The molecule has 0 saturated carbocycles. The summed E-state index contributed by atoms with van der Waals surface area (Å²) in [5, 5.41) is 0. The van der Waals surface area contributed by atoms with Gasteiger partial charge in [-0.1, -0.05) is 6.92 Å². The number of halogens is 1. The van der Waals surface area contributed by atoms with Crippen LogP contribution in [0.5, 0.6) is 0 Å². The molecule has 1 atom stereocenters. The van der Waals surface area contributed by atoms with Crippen molar-refractivity contribution in [2.75, 3.05) is 0 Å². The first kappa shape index (κ1) is 4.82. The molecule has 22 valence electrons. The molecule has 0 spiro atoms. The summed E-state index contributed by atoms with van der Waals surface area (Å²) >= 11 is 7.66. The average molecular weight is 90.5 g/mol. The van der Waals surface area contributed by atoms with Gasteiger partial charge in [0.2, 0.25) is 0 Å². The third-order valence-electron chi connectivity index (χ3n) is 0. The molecule has 1 unspecified atom stereocenters. The van der Waals surface area contributed by atoms with E-state index in [0.29, 0.717) is 0 Å². The number of hydrogen-bond donors (Lipinski definition) is 0. The van der Waals surface area contributed by atoms with Gasteiger partial charge in [0.25, 0.3) is 0 Å². The Morgan fingerprint density at radius 2 is 2.00 bits per heavy atom. The first-order valence-corrected chi connectivity index (χ1v) is 2.23. The van der Waals surface area contributed by atoms with Crippen molar-refractivity contribution in [2.45, 2.75) is 11.2 Å². The Balaban J connectivity index is 2.32. The number of hydrogen-bond acceptors (Lipinski definition) is 0. The molecule has 0 amide bonds. The highest BCUT2D eigenvalue weighted by Gasteiger charge is 1.71. The molecule has 0 N–H and O–H groups in total. The minimum atomic E-state index is 0.222. The molecule has 0 aromatic rings. The summed E-state index contributed by atoms with van der Waals surface area (Å²) in [7, 11) is 0. The van der Waals surface area contributed by atoms with E-state index >= 15 is 0 Å². The largest absolute Gasteiger partial charge is 0.150 e. The predicted octanol–water partition coefficient (Wildman–Crippen LogP) is 0.740. The van der Waals surface area contributed by atoms with Gasteiger partial charge in [0, 0.05) is 0 Å². The molecule has 0 aliphatic rings. The normalized spacial score (nSPS) is 15.5. The van der Waals surface area contributed by atoms with Crippen molar-refractivity contribution in [3.05, 3.63) is 0 Å². The summed E-state index contributed by atoms with van der Waals surface area (Å²) in [6, 6.07) is 0. The standard InChI is InChI=1S/C2H4Cl.Al/c1-2-3;/h2H,1H3;. The van der Waals surface area contributed by atoms with Crippen LogP contribution < -0.4 is 0 Å². The van der Waals surface area contributed by atoms with Crippen LogP contribution in [-0.4, -0.2) is 20.5 Å². The zero-order valence-electron chi connectivity index (χ0n) is 2.53. The molecule has 0 saturated heterocycles. The van der Waals surface area contributed by atoms with Crippen LogP contribution in [0.4, 0.5) is 0 Å². The summed E-state index contributed by atoms with van der Waals surface area (Å²) in [4.78, 5) is 0. The SMILES string of the molecule is C[CH]([Al])Cl. The molecule has 0 aromatic carbocycles. The second kappa shape index (κ2) is 2.08. The Labute approximate surface area is 39.6 Å². The predicted molar refractivity (Wildman–Crippen MR) is 21.1 cm³/mol. The molecule has 2 radical (unpaired) electrons. The van der Waals surface area contributed by atoms with Gasteiger partial charge in [0.1, 0.15) is 16.3 Å². The van der Waals surface area contributed by atoms with Crippen molar-refractivity contribution >= 4 is 27.9 Å². The van der Waals surface area contributed by atoms with Crippen molar-refractivity contribution in [2.24, 2.45) is 0 Å². The summed E-state index contributed by atoms with van der Waals surface area (Å²) < 4.78 is 0.222. The molecule has 0 aliphatic carbocycles. The fourth-order valence-corrected chi connectivity index (χ4v) is 0. The average Bonchev–Trinajstić information content (AvgIpc) is 0.811. The first-order chi connectivity index (χ1) is 1.73. The van der Waals surface area contributed by atoms with E-state index in [0.717, 1.165) is 0 Å². The lowest BCUT2D eigenvalue weighted by Gasteiger charge is -1.77. The summed E-state index contributed by atoms with van der Waals surface area (Å²) in [5.74, 6) is 0. The molecule has 0 fully saturated rings. The molecule has 0 aromatic heterocycles. The second-order valence-corrected chi connectivity index (χ2v) is 2.79. The quantitative estimate of drug-likeness (QED) is 0.304.